The van der Waals surface area contributed by atoms with E-state index in [1.807, 2.05) is 0 Å². The summed E-state index contributed by atoms with van der Waals surface area (Å²) in [6.45, 7) is 1.71. The van der Waals surface area contributed by atoms with Gasteiger partial charge in [0.05, 0.1) is 12.0 Å². The summed E-state index contributed by atoms with van der Waals surface area (Å²) in [5, 5.41) is 15.5. The van der Waals surface area contributed by atoms with E-state index in [9.17, 15) is 4.79 Å². The third-order valence-corrected chi connectivity index (χ3v) is 5.54. The van der Waals surface area contributed by atoms with E-state index >= 15 is 0 Å². The van der Waals surface area contributed by atoms with Gasteiger partial charge < -0.3 is 5.11 Å². The molecule has 1 N–H and O–H groups in total. The van der Waals surface area contributed by atoms with Crippen molar-refractivity contribution < 1.29 is 9.90 Å². The lowest BCUT2D eigenvalue weighted by Gasteiger charge is -2.36. The summed E-state index contributed by atoms with van der Waals surface area (Å²) < 4.78 is 0. The molecule has 1 aliphatic rings. The fraction of sp³-hybridized carbons (Fsp3) is 0.400. The molecule has 0 bridgehead atoms. The molecule has 2 aromatic heterocycles. The molecule has 2 aromatic rings. The van der Waals surface area contributed by atoms with Crippen LogP contribution in [0.25, 0.3) is 0 Å². The molecular weight excluding hydrogens is 290 g/mol. The van der Waals surface area contributed by atoms with Crippen LogP contribution in [0.2, 0.25) is 0 Å². The molecule has 0 aliphatic carbocycles. The second-order valence-electron chi connectivity index (χ2n) is 5.12. The van der Waals surface area contributed by atoms with E-state index in [0.29, 0.717) is 0 Å². The number of carboxylic acids is 1. The first-order valence-electron chi connectivity index (χ1n) is 6.78. The summed E-state index contributed by atoms with van der Waals surface area (Å²) in [6, 6.07) is 6.73. The predicted molar refractivity (Wildman–Crippen MR) is 82.4 cm³/mol. The Bertz CT molecular complexity index is 508. The molecule has 1 unspecified atom stereocenters. The molecule has 3 nitrogen and oxygen atoms in total. The Kier molecular flexibility index (Phi) is 4.19. The van der Waals surface area contributed by atoms with Gasteiger partial charge in [-0.25, -0.2) is 0 Å². The van der Waals surface area contributed by atoms with Crippen molar-refractivity contribution in [3.8, 4) is 0 Å². The van der Waals surface area contributed by atoms with Gasteiger partial charge in [0.15, 0.2) is 0 Å². The Labute approximate surface area is 126 Å². The average Bonchev–Trinajstić information content (AvgIpc) is 3.13. The van der Waals surface area contributed by atoms with E-state index in [4.69, 9.17) is 5.11 Å². The second kappa shape index (κ2) is 6.08. The lowest BCUT2D eigenvalue weighted by atomic mass is 9.94. The van der Waals surface area contributed by atoms with Crippen LogP contribution in [0.1, 0.15) is 29.3 Å². The first kappa shape index (κ1) is 13.8. The van der Waals surface area contributed by atoms with Crippen molar-refractivity contribution in [2.75, 3.05) is 13.1 Å². The van der Waals surface area contributed by atoms with Gasteiger partial charge in [0.25, 0.3) is 0 Å². The maximum absolute atomic E-state index is 11.1. The van der Waals surface area contributed by atoms with Gasteiger partial charge in [-0.15, -0.1) is 11.3 Å². The van der Waals surface area contributed by atoms with E-state index in [1.165, 1.54) is 10.4 Å². The van der Waals surface area contributed by atoms with Gasteiger partial charge >= 0.3 is 5.97 Å². The van der Waals surface area contributed by atoms with Crippen molar-refractivity contribution in [3.63, 3.8) is 0 Å². The summed E-state index contributed by atoms with van der Waals surface area (Å²) in [6.07, 6.45) is 1.50. The van der Waals surface area contributed by atoms with E-state index in [1.54, 1.807) is 22.7 Å². The van der Waals surface area contributed by atoms with Gasteiger partial charge in [-0.3, -0.25) is 9.69 Å². The minimum Gasteiger partial charge on any atom is -0.481 e. The first-order chi connectivity index (χ1) is 9.75. The van der Waals surface area contributed by atoms with Crippen LogP contribution in [-0.2, 0) is 4.79 Å². The van der Waals surface area contributed by atoms with Crippen LogP contribution in [0.15, 0.2) is 34.3 Å². The molecule has 1 saturated heterocycles. The number of carbonyl (C=O) groups is 1. The van der Waals surface area contributed by atoms with Crippen LogP contribution in [0.5, 0.6) is 0 Å². The fourth-order valence-electron chi connectivity index (χ4n) is 2.84. The van der Waals surface area contributed by atoms with Crippen LogP contribution < -0.4 is 0 Å². The molecule has 0 saturated carbocycles. The van der Waals surface area contributed by atoms with Gasteiger partial charge in [-0.2, -0.15) is 11.3 Å². The van der Waals surface area contributed by atoms with Crippen molar-refractivity contribution in [2.45, 2.75) is 18.9 Å². The average molecular weight is 307 g/mol. The molecule has 0 radical (unpaired) electrons. The van der Waals surface area contributed by atoms with Crippen LogP contribution in [0.4, 0.5) is 0 Å². The normalized spacial score (nSPS) is 19.0. The Morgan fingerprint density at radius 3 is 2.65 bits per heavy atom. The molecular formula is C15H17NO2S2. The number of aliphatic carboxylic acids is 1. The zero-order valence-corrected chi connectivity index (χ0v) is 12.7. The van der Waals surface area contributed by atoms with E-state index in [-0.39, 0.29) is 12.0 Å². The molecule has 3 rings (SSSR count). The molecule has 20 heavy (non-hydrogen) atoms. The summed E-state index contributed by atoms with van der Waals surface area (Å²) >= 11 is 3.50. The molecule has 3 heterocycles. The molecule has 1 fully saturated rings. The maximum atomic E-state index is 11.1. The van der Waals surface area contributed by atoms with Crippen LogP contribution in [0.3, 0.4) is 0 Å². The van der Waals surface area contributed by atoms with Crippen molar-refractivity contribution in [2.24, 2.45) is 5.92 Å². The number of rotatable bonds is 4. The van der Waals surface area contributed by atoms with Gasteiger partial charge in [-0.1, -0.05) is 6.07 Å². The Morgan fingerprint density at radius 1 is 1.30 bits per heavy atom. The van der Waals surface area contributed by atoms with Crippen LogP contribution >= 0.6 is 22.7 Å². The highest BCUT2D eigenvalue weighted by atomic mass is 32.1. The minimum atomic E-state index is -0.646. The Balaban J connectivity index is 1.80. The van der Waals surface area contributed by atoms with Crippen molar-refractivity contribution in [3.05, 3.63) is 44.8 Å². The number of piperidine rings is 1. The van der Waals surface area contributed by atoms with E-state index < -0.39 is 5.97 Å². The molecule has 106 valence electrons. The quantitative estimate of drug-likeness (QED) is 0.936. The monoisotopic (exact) mass is 307 g/mol. The zero-order chi connectivity index (χ0) is 13.9. The molecule has 0 amide bonds. The van der Waals surface area contributed by atoms with Gasteiger partial charge in [0.1, 0.15) is 0 Å². The Morgan fingerprint density at radius 2 is 2.10 bits per heavy atom. The lowest BCUT2D eigenvalue weighted by Crippen LogP contribution is -2.38. The smallest absolute Gasteiger partial charge is 0.306 e. The summed E-state index contributed by atoms with van der Waals surface area (Å²) in [5.74, 6) is -0.814. The fourth-order valence-corrected chi connectivity index (χ4v) is 4.40. The van der Waals surface area contributed by atoms with Crippen molar-refractivity contribution in [1.29, 1.82) is 0 Å². The summed E-state index contributed by atoms with van der Waals surface area (Å²) in [4.78, 5) is 14.8. The molecule has 0 spiro atoms. The topological polar surface area (TPSA) is 40.5 Å². The molecule has 1 aliphatic heterocycles. The number of carboxylic acid groups (broad SMARTS) is 1. The standard InChI is InChI=1S/C15H17NO2S2/c17-15(18)11-3-6-16(7-4-11)14(12-5-9-19-10-12)13-2-1-8-20-13/h1-2,5,8-11,14H,3-4,6-7H2,(H,17,18). The SMILES string of the molecule is O=C(O)C1CCN(C(c2ccsc2)c2cccs2)CC1. The highest BCUT2D eigenvalue weighted by Gasteiger charge is 2.30. The number of hydrogen-bond donors (Lipinski definition) is 1. The highest BCUT2D eigenvalue weighted by molar-refractivity contribution is 7.10. The zero-order valence-electron chi connectivity index (χ0n) is 11.1. The lowest BCUT2D eigenvalue weighted by molar-refractivity contribution is -0.143. The maximum Gasteiger partial charge on any atom is 0.306 e. The van der Waals surface area contributed by atoms with E-state index in [2.05, 4.69) is 39.2 Å². The van der Waals surface area contributed by atoms with Gasteiger partial charge in [0, 0.05) is 4.88 Å². The third-order valence-electron chi connectivity index (χ3n) is 3.92. The number of hydrogen-bond acceptors (Lipinski definition) is 4. The second-order valence-corrected chi connectivity index (χ2v) is 6.88. The summed E-state index contributed by atoms with van der Waals surface area (Å²) in [5.41, 5.74) is 1.33. The van der Waals surface area contributed by atoms with Crippen molar-refractivity contribution in [1.82, 2.24) is 4.90 Å². The van der Waals surface area contributed by atoms with E-state index in [0.717, 1.165) is 25.9 Å². The molecule has 1 atom stereocenters. The largest absolute Gasteiger partial charge is 0.481 e. The van der Waals surface area contributed by atoms with Crippen LogP contribution in [-0.4, -0.2) is 29.1 Å². The highest BCUT2D eigenvalue weighted by Crippen LogP contribution is 2.35. The van der Waals surface area contributed by atoms with Gasteiger partial charge in [-0.05, 0) is 59.8 Å². The number of nitrogens with zero attached hydrogens (tertiary/aromatic N) is 1. The number of thiophene rings is 2. The minimum absolute atomic E-state index is 0.169. The summed E-state index contributed by atoms with van der Waals surface area (Å²) in [7, 11) is 0. The van der Waals surface area contributed by atoms with Crippen LogP contribution in [0, 0.1) is 5.92 Å². The first-order valence-corrected chi connectivity index (χ1v) is 8.60. The predicted octanol–water partition coefficient (Wildman–Crippen LogP) is 3.70. The third kappa shape index (κ3) is 2.80. The Hall–Kier alpha value is -1.17. The van der Waals surface area contributed by atoms with Gasteiger partial charge in [0.2, 0.25) is 0 Å². The number of likely N-dealkylation sites (tertiary alicyclic amines) is 1. The molecule has 5 heteroatoms. The molecule has 0 aromatic carbocycles. The van der Waals surface area contributed by atoms with Crippen molar-refractivity contribution >= 4 is 28.6 Å².